The number of hydrogen-bond acceptors (Lipinski definition) is 4. The lowest BCUT2D eigenvalue weighted by Crippen LogP contribution is -2.01. The molecular weight excluding hydrogens is 168 g/mol. The van der Waals surface area contributed by atoms with Gasteiger partial charge in [0, 0.05) is 10.8 Å². The first-order valence-electron chi connectivity index (χ1n) is 1.75. The Labute approximate surface area is 55.2 Å². The highest BCUT2D eigenvalue weighted by molar-refractivity contribution is 8.70. The van der Waals surface area contributed by atoms with Crippen LogP contribution >= 0.6 is 10.8 Å². The van der Waals surface area contributed by atoms with Gasteiger partial charge < -0.3 is 5.11 Å². The van der Waals surface area contributed by atoms with Gasteiger partial charge in [-0.2, -0.15) is 8.42 Å². The minimum atomic E-state index is -4.18. The Morgan fingerprint density at radius 1 is 1.56 bits per heavy atom. The predicted octanol–water partition coefficient (Wildman–Crippen LogP) is -0.393. The van der Waals surface area contributed by atoms with Crippen molar-refractivity contribution in [3.05, 3.63) is 0 Å². The van der Waals surface area contributed by atoms with Crippen molar-refractivity contribution in [1.29, 1.82) is 0 Å². The molecule has 54 valence electrons. The zero-order valence-corrected chi connectivity index (χ0v) is 5.78. The normalized spacial score (nSPS) is 11.2. The molecule has 0 radical (unpaired) electrons. The summed E-state index contributed by atoms with van der Waals surface area (Å²) in [7, 11) is -4.21. The van der Waals surface area contributed by atoms with Crippen molar-refractivity contribution in [2.75, 3.05) is 5.75 Å². The second-order valence-electron chi connectivity index (χ2n) is 1.08. The average molecular weight is 172 g/mol. The number of carbonyl (C=O) groups is 1. The molecule has 0 aromatic rings. The molecule has 0 aliphatic carbocycles. The molecule has 0 aliphatic heterocycles. The van der Waals surface area contributed by atoms with Crippen molar-refractivity contribution in [3.63, 3.8) is 0 Å². The second-order valence-corrected chi connectivity index (χ2v) is 4.43. The quantitative estimate of drug-likeness (QED) is 0.445. The Morgan fingerprint density at radius 3 is 2.11 bits per heavy atom. The zero-order chi connectivity index (χ0) is 7.49. The summed E-state index contributed by atoms with van der Waals surface area (Å²) < 4.78 is 27.5. The lowest BCUT2D eigenvalue weighted by Gasteiger charge is -1.88. The van der Waals surface area contributed by atoms with Crippen molar-refractivity contribution in [2.24, 2.45) is 0 Å². The minimum Gasteiger partial charge on any atom is -0.481 e. The van der Waals surface area contributed by atoms with Crippen LogP contribution in [0.3, 0.4) is 0 Å². The van der Waals surface area contributed by atoms with Crippen LogP contribution in [-0.4, -0.2) is 29.8 Å². The van der Waals surface area contributed by atoms with E-state index in [-0.39, 0.29) is 10.8 Å². The third-order valence-electron chi connectivity index (χ3n) is 0.331. The van der Waals surface area contributed by atoms with Crippen LogP contribution in [0.4, 0.5) is 0 Å². The van der Waals surface area contributed by atoms with Gasteiger partial charge in [0.1, 0.15) is 5.75 Å². The van der Waals surface area contributed by atoms with E-state index in [1.165, 1.54) is 0 Å². The summed E-state index contributed by atoms with van der Waals surface area (Å²) in [4.78, 5) is 9.65. The van der Waals surface area contributed by atoms with Gasteiger partial charge in [-0.3, -0.25) is 9.35 Å². The molecule has 9 heavy (non-hydrogen) atoms. The molecule has 0 atom stereocenters. The summed E-state index contributed by atoms with van der Waals surface area (Å²) in [6.45, 7) is 0. The van der Waals surface area contributed by atoms with Crippen LogP contribution in [0, 0.1) is 0 Å². The molecule has 0 unspecified atom stereocenters. The van der Waals surface area contributed by atoms with E-state index in [0.717, 1.165) is 0 Å². The lowest BCUT2D eigenvalue weighted by atomic mass is 10.8. The van der Waals surface area contributed by atoms with Crippen LogP contribution in [0.2, 0.25) is 0 Å². The van der Waals surface area contributed by atoms with E-state index in [1.54, 1.807) is 0 Å². The third kappa shape index (κ3) is 7.73. The standard InChI is InChI=1S/C2H4O5S2/c3-2(4)1-8-9(5,6)7/h1H2,(H,3,4)(H,5,6,7). The van der Waals surface area contributed by atoms with E-state index in [0.29, 0.717) is 0 Å². The van der Waals surface area contributed by atoms with Gasteiger partial charge in [-0.05, 0) is 0 Å². The number of carboxylic acids is 1. The fourth-order valence-corrected chi connectivity index (χ4v) is 1.12. The molecule has 0 spiro atoms. The molecule has 0 fully saturated rings. The Morgan fingerprint density at radius 2 is 2.00 bits per heavy atom. The fourth-order valence-electron chi connectivity index (χ4n) is 0.125. The van der Waals surface area contributed by atoms with Gasteiger partial charge in [0.2, 0.25) is 0 Å². The van der Waals surface area contributed by atoms with Gasteiger partial charge in [0.25, 0.3) is 0 Å². The van der Waals surface area contributed by atoms with E-state index in [2.05, 4.69) is 0 Å². The van der Waals surface area contributed by atoms with Crippen LogP contribution in [0.15, 0.2) is 0 Å². The SMILES string of the molecule is O=C(O)CSS(=O)(=O)O. The molecule has 0 aliphatic rings. The zero-order valence-electron chi connectivity index (χ0n) is 4.14. The average Bonchev–Trinajstić information content (AvgIpc) is 1.59. The summed E-state index contributed by atoms with van der Waals surface area (Å²) in [5.74, 6) is -1.92. The first-order chi connectivity index (χ1) is 3.92. The summed E-state index contributed by atoms with van der Waals surface area (Å²) in [6, 6.07) is 0. The summed E-state index contributed by atoms with van der Waals surface area (Å²) in [5.41, 5.74) is 0. The van der Waals surface area contributed by atoms with Crippen LogP contribution in [0.1, 0.15) is 0 Å². The molecule has 0 heterocycles. The molecular formula is C2H4O5S2. The van der Waals surface area contributed by atoms with Crippen molar-refractivity contribution in [2.45, 2.75) is 0 Å². The maximum Gasteiger partial charge on any atom is 0.320 e. The molecule has 7 heteroatoms. The van der Waals surface area contributed by atoms with Gasteiger partial charge in [0.05, 0.1) is 0 Å². The molecule has 0 rings (SSSR count). The highest BCUT2D eigenvalue weighted by atomic mass is 33.1. The molecule has 5 nitrogen and oxygen atoms in total. The maximum absolute atomic E-state index is 9.79. The first-order valence-corrected chi connectivity index (χ1v) is 4.70. The van der Waals surface area contributed by atoms with Gasteiger partial charge in [-0.15, -0.1) is 0 Å². The summed E-state index contributed by atoms with van der Waals surface area (Å²) >= 11 is 0. The number of carboxylic acid groups (broad SMARTS) is 1. The molecule has 0 aromatic heterocycles. The van der Waals surface area contributed by atoms with Crippen LogP contribution in [0.5, 0.6) is 0 Å². The van der Waals surface area contributed by atoms with E-state index < -0.39 is 20.9 Å². The monoisotopic (exact) mass is 172 g/mol. The fraction of sp³-hybridized carbons (Fsp3) is 0.500. The van der Waals surface area contributed by atoms with Crippen LogP contribution in [-0.2, 0) is 13.9 Å². The summed E-state index contributed by atoms with van der Waals surface area (Å²) in [6.07, 6.45) is 0. The topological polar surface area (TPSA) is 91.7 Å². The summed E-state index contributed by atoms with van der Waals surface area (Å²) in [5, 5.41) is 7.88. The smallest absolute Gasteiger partial charge is 0.320 e. The molecule has 0 saturated carbocycles. The molecule has 0 aromatic carbocycles. The first kappa shape index (κ1) is 8.73. The van der Waals surface area contributed by atoms with Crippen LogP contribution in [0.25, 0.3) is 0 Å². The second kappa shape index (κ2) is 3.04. The van der Waals surface area contributed by atoms with Crippen molar-refractivity contribution in [3.8, 4) is 0 Å². The Bertz CT molecular complexity index is 191. The maximum atomic E-state index is 9.79. The Hall–Kier alpha value is -0.270. The van der Waals surface area contributed by atoms with Crippen molar-refractivity contribution < 1.29 is 22.9 Å². The van der Waals surface area contributed by atoms with E-state index in [1.807, 2.05) is 0 Å². The van der Waals surface area contributed by atoms with E-state index >= 15 is 0 Å². The third-order valence-corrected chi connectivity index (χ3v) is 2.24. The molecule has 0 saturated heterocycles. The molecule has 0 amide bonds. The Kier molecular flexibility index (Phi) is 2.95. The minimum absolute atomic E-state index is 0.0301. The van der Waals surface area contributed by atoms with Crippen molar-refractivity contribution in [1.82, 2.24) is 0 Å². The van der Waals surface area contributed by atoms with Gasteiger partial charge >= 0.3 is 15.1 Å². The lowest BCUT2D eigenvalue weighted by molar-refractivity contribution is -0.133. The van der Waals surface area contributed by atoms with Crippen molar-refractivity contribution >= 4 is 25.9 Å². The van der Waals surface area contributed by atoms with Crippen LogP contribution < -0.4 is 0 Å². The number of aliphatic carboxylic acids is 1. The van der Waals surface area contributed by atoms with Gasteiger partial charge in [-0.25, -0.2) is 0 Å². The number of hydrogen-bond donors (Lipinski definition) is 2. The molecule has 0 bridgehead atoms. The van der Waals surface area contributed by atoms with Gasteiger partial charge in [0.15, 0.2) is 0 Å². The number of rotatable bonds is 3. The largest absolute Gasteiger partial charge is 0.481 e. The molecule has 2 N–H and O–H groups in total. The Balaban J connectivity index is 3.67. The van der Waals surface area contributed by atoms with E-state index in [4.69, 9.17) is 9.66 Å². The van der Waals surface area contributed by atoms with Gasteiger partial charge in [-0.1, -0.05) is 0 Å². The highest BCUT2D eigenvalue weighted by Gasteiger charge is 2.07. The van der Waals surface area contributed by atoms with E-state index in [9.17, 15) is 13.2 Å². The highest BCUT2D eigenvalue weighted by Crippen LogP contribution is 2.07. The predicted molar refractivity (Wildman–Crippen MR) is 31.6 cm³/mol.